The maximum atomic E-state index is 13.7. The Kier molecular flexibility index (Phi) is 5.51. The summed E-state index contributed by atoms with van der Waals surface area (Å²) >= 11 is 0. The number of carbonyl (C=O) groups excluding carboxylic acids is 2. The molecule has 3 aromatic rings. The molecule has 8 heteroatoms. The summed E-state index contributed by atoms with van der Waals surface area (Å²) in [6.07, 6.45) is -1.09. The summed E-state index contributed by atoms with van der Waals surface area (Å²) in [6, 6.07) is 21.5. The average Bonchev–Trinajstić information content (AvgIpc) is 3.36. The maximum Gasteiger partial charge on any atom is 0.336 e. The lowest BCUT2D eigenvalue weighted by atomic mass is 9.88. The van der Waals surface area contributed by atoms with Crippen LogP contribution in [0.5, 0.6) is 5.75 Å². The second-order valence-electron chi connectivity index (χ2n) is 7.99. The number of anilines is 2. The zero-order chi connectivity index (χ0) is 23.8. The Morgan fingerprint density at radius 1 is 0.941 bits per heavy atom. The highest BCUT2D eigenvalue weighted by molar-refractivity contribution is 6.24. The number of hydrogen-bond acceptors (Lipinski definition) is 6. The number of benzene rings is 3. The number of hydrogen-bond donors (Lipinski definition) is 1. The Balaban J connectivity index is 1.60. The number of carboxylic acids is 1. The molecule has 8 nitrogen and oxygen atoms in total. The molecule has 2 amide bonds. The van der Waals surface area contributed by atoms with Crippen molar-refractivity contribution in [1.82, 2.24) is 0 Å². The molecule has 2 aliphatic heterocycles. The Morgan fingerprint density at radius 2 is 1.65 bits per heavy atom. The van der Waals surface area contributed by atoms with Gasteiger partial charge in [-0.05, 0) is 42.8 Å². The van der Waals surface area contributed by atoms with E-state index >= 15 is 0 Å². The van der Waals surface area contributed by atoms with Crippen molar-refractivity contribution in [3.8, 4) is 5.75 Å². The molecule has 0 aliphatic carbocycles. The Labute approximate surface area is 195 Å². The first-order valence-electron chi connectivity index (χ1n) is 10.9. The van der Waals surface area contributed by atoms with Crippen LogP contribution in [0.15, 0.2) is 78.9 Å². The number of imide groups is 1. The molecule has 34 heavy (non-hydrogen) atoms. The van der Waals surface area contributed by atoms with Gasteiger partial charge in [0.15, 0.2) is 6.10 Å². The number of carbonyl (C=O) groups is 3. The van der Waals surface area contributed by atoms with Crippen LogP contribution in [0.25, 0.3) is 0 Å². The standard InChI is InChI=1S/C26H22N2O6/c1-2-33-18-12-8-11-17(15-18)27-24(29)21-22(19-13-6-7-14-20(19)26(31)32)28(34-23(21)25(27)30)16-9-4-3-5-10-16/h3-15,21-23H,2H2,1H3,(H,31,32)/t21-,22-,23+/m0/s1. The Morgan fingerprint density at radius 3 is 2.38 bits per heavy atom. The molecule has 2 saturated heterocycles. The van der Waals surface area contributed by atoms with E-state index in [4.69, 9.17) is 9.57 Å². The molecule has 2 aliphatic rings. The van der Waals surface area contributed by atoms with Gasteiger partial charge in [0, 0.05) is 6.07 Å². The monoisotopic (exact) mass is 458 g/mol. The van der Waals surface area contributed by atoms with Crippen LogP contribution in [0, 0.1) is 5.92 Å². The van der Waals surface area contributed by atoms with E-state index in [9.17, 15) is 19.5 Å². The van der Waals surface area contributed by atoms with Gasteiger partial charge in [0.2, 0.25) is 5.91 Å². The van der Waals surface area contributed by atoms with E-state index in [1.807, 2.05) is 25.1 Å². The molecule has 5 rings (SSSR count). The molecule has 3 aromatic carbocycles. The second-order valence-corrected chi connectivity index (χ2v) is 7.99. The third kappa shape index (κ3) is 3.48. The molecule has 0 unspecified atom stereocenters. The summed E-state index contributed by atoms with van der Waals surface area (Å²) in [7, 11) is 0. The van der Waals surface area contributed by atoms with Crippen molar-refractivity contribution in [3.63, 3.8) is 0 Å². The van der Waals surface area contributed by atoms with Gasteiger partial charge in [-0.2, -0.15) is 0 Å². The minimum absolute atomic E-state index is 0.0507. The lowest BCUT2D eigenvalue weighted by molar-refractivity contribution is -0.126. The third-order valence-corrected chi connectivity index (χ3v) is 6.02. The van der Waals surface area contributed by atoms with Gasteiger partial charge >= 0.3 is 5.97 Å². The van der Waals surface area contributed by atoms with Gasteiger partial charge in [0.1, 0.15) is 11.7 Å². The first-order valence-corrected chi connectivity index (χ1v) is 10.9. The lowest BCUT2D eigenvalue weighted by Gasteiger charge is -2.29. The molecule has 1 N–H and O–H groups in total. The van der Waals surface area contributed by atoms with Crippen molar-refractivity contribution < 1.29 is 29.1 Å². The molecular weight excluding hydrogens is 436 g/mol. The summed E-state index contributed by atoms with van der Waals surface area (Å²) in [5.74, 6) is -2.46. The van der Waals surface area contributed by atoms with Crippen LogP contribution in [0.1, 0.15) is 28.9 Å². The van der Waals surface area contributed by atoms with Crippen LogP contribution >= 0.6 is 0 Å². The summed E-state index contributed by atoms with van der Waals surface area (Å²) in [6.45, 7) is 2.29. The van der Waals surface area contributed by atoms with Gasteiger partial charge < -0.3 is 9.84 Å². The molecule has 0 saturated carbocycles. The Hall–Kier alpha value is -4.17. The normalized spacial score (nSPS) is 21.6. The van der Waals surface area contributed by atoms with Crippen LogP contribution in [0.4, 0.5) is 11.4 Å². The van der Waals surface area contributed by atoms with E-state index in [1.54, 1.807) is 54.6 Å². The molecule has 2 heterocycles. The van der Waals surface area contributed by atoms with E-state index in [0.29, 0.717) is 29.3 Å². The van der Waals surface area contributed by atoms with Crippen molar-refractivity contribution in [2.45, 2.75) is 19.1 Å². The number of para-hydroxylation sites is 1. The van der Waals surface area contributed by atoms with Crippen LogP contribution in [0.2, 0.25) is 0 Å². The summed E-state index contributed by atoms with van der Waals surface area (Å²) in [5, 5.41) is 11.3. The van der Waals surface area contributed by atoms with Gasteiger partial charge in [-0.1, -0.05) is 42.5 Å². The van der Waals surface area contributed by atoms with E-state index < -0.39 is 35.8 Å². The molecule has 0 bridgehead atoms. The van der Waals surface area contributed by atoms with Gasteiger partial charge in [0.25, 0.3) is 5.91 Å². The number of carboxylic acid groups (broad SMARTS) is 1. The molecule has 0 radical (unpaired) electrons. The first kappa shape index (κ1) is 21.7. The fourth-order valence-electron chi connectivity index (χ4n) is 4.61. The largest absolute Gasteiger partial charge is 0.494 e. The van der Waals surface area contributed by atoms with Crippen LogP contribution in [-0.2, 0) is 14.4 Å². The van der Waals surface area contributed by atoms with Crippen molar-refractivity contribution in [3.05, 3.63) is 90.0 Å². The molecule has 0 spiro atoms. The van der Waals surface area contributed by atoms with Crippen LogP contribution in [0.3, 0.4) is 0 Å². The highest BCUT2D eigenvalue weighted by atomic mass is 16.7. The molecule has 0 aromatic heterocycles. The highest BCUT2D eigenvalue weighted by Gasteiger charge is 2.60. The summed E-state index contributed by atoms with van der Waals surface area (Å²) < 4.78 is 5.52. The predicted octanol–water partition coefficient (Wildman–Crippen LogP) is 3.83. The minimum Gasteiger partial charge on any atom is -0.494 e. The number of nitrogens with zero attached hydrogens (tertiary/aromatic N) is 2. The number of ether oxygens (including phenoxy) is 1. The maximum absolute atomic E-state index is 13.7. The van der Waals surface area contributed by atoms with Crippen LogP contribution in [-0.4, -0.2) is 35.6 Å². The quantitative estimate of drug-likeness (QED) is 0.561. The third-order valence-electron chi connectivity index (χ3n) is 6.02. The molecular formula is C26H22N2O6. The summed E-state index contributed by atoms with van der Waals surface area (Å²) in [5.41, 5.74) is 1.45. The second kappa shape index (κ2) is 8.64. The first-order chi connectivity index (χ1) is 16.5. The smallest absolute Gasteiger partial charge is 0.336 e. The van der Waals surface area contributed by atoms with Crippen molar-refractivity contribution >= 4 is 29.2 Å². The van der Waals surface area contributed by atoms with E-state index in [-0.39, 0.29) is 5.56 Å². The molecule has 3 atom stereocenters. The van der Waals surface area contributed by atoms with Gasteiger partial charge in [-0.25, -0.2) is 14.8 Å². The zero-order valence-corrected chi connectivity index (χ0v) is 18.3. The SMILES string of the molecule is CCOc1cccc(N2C(=O)[C@@H]3[C@@H](ON(c4ccccc4)[C@H]3c3ccccc3C(=O)O)C2=O)c1. The fourth-order valence-corrected chi connectivity index (χ4v) is 4.61. The van der Waals surface area contributed by atoms with Gasteiger partial charge in [-0.15, -0.1) is 0 Å². The van der Waals surface area contributed by atoms with E-state index in [2.05, 4.69) is 0 Å². The van der Waals surface area contributed by atoms with Crippen molar-refractivity contribution in [2.24, 2.45) is 5.92 Å². The van der Waals surface area contributed by atoms with E-state index in [1.165, 1.54) is 11.1 Å². The highest BCUT2D eigenvalue weighted by Crippen LogP contribution is 2.48. The minimum atomic E-state index is -1.12. The lowest BCUT2D eigenvalue weighted by Crippen LogP contribution is -2.37. The average molecular weight is 458 g/mol. The Bertz CT molecular complexity index is 1260. The van der Waals surface area contributed by atoms with Gasteiger partial charge in [0.05, 0.1) is 29.6 Å². The number of amides is 2. The van der Waals surface area contributed by atoms with Gasteiger partial charge in [-0.3, -0.25) is 14.4 Å². The van der Waals surface area contributed by atoms with Crippen molar-refractivity contribution in [1.29, 1.82) is 0 Å². The zero-order valence-electron chi connectivity index (χ0n) is 18.3. The van der Waals surface area contributed by atoms with Crippen LogP contribution < -0.4 is 14.7 Å². The number of aromatic carboxylic acids is 1. The number of hydroxylamine groups is 1. The van der Waals surface area contributed by atoms with Crippen molar-refractivity contribution in [2.75, 3.05) is 16.6 Å². The number of fused-ring (bicyclic) bond motifs is 1. The summed E-state index contributed by atoms with van der Waals surface area (Å²) in [4.78, 5) is 46.4. The topological polar surface area (TPSA) is 96.4 Å². The molecule has 172 valence electrons. The van der Waals surface area contributed by atoms with E-state index in [0.717, 1.165) is 4.90 Å². The predicted molar refractivity (Wildman–Crippen MR) is 124 cm³/mol. The molecule has 2 fully saturated rings. The number of rotatable bonds is 6. The fraction of sp³-hybridized carbons (Fsp3) is 0.192.